The molecule has 5 heteroatoms. The van der Waals surface area contributed by atoms with Crippen LogP contribution >= 0.6 is 0 Å². The van der Waals surface area contributed by atoms with E-state index >= 15 is 0 Å². The van der Waals surface area contributed by atoms with Crippen molar-refractivity contribution in [3.8, 4) is 0 Å². The van der Waals surface area contributed by atoms with Gasteiger partial charge < -0.3 is 5.32 Å². The molecule has 0 radical (unpaired) electrons. The number of hydrogen-bond donors (Lipinski definition) is 2. The van der Waals surface area contributed by atoms with Crippen LogP contribution in [0.1, 0.15) is 50.8 Å². The monoisotopic (exact) mass is 324 g/mol. The maximum absolute atomic E-state index is 13.6. The van der Waals surface area contributed by atoms with E-state index in [1.165, 1.54) is 6.07 Å². The van der Waals surface area contributed by atoms with Crippen LogP contribution in [-0.2, 0) is 17.4 Å². The van der Waals surface area contributed by atoms with Crippen molar-refractivity contribution >= 4 is 11.0 Å². The van der Waals surface area contributed by atoms with E-state index in [0.717, 1.165) is 43.5 Å². The number of benzene rings is 1. The van der Waals surface area contributed by atoms with Gasteiger partial charge >= 0.3 is 0 Å². The van der Waals surface area contributed by atoms with Gasteiger partial charge in [0.25, 0.3) is 0 Å². The summed E-state index contributed by atoms with van der Waals surface area (Å²) in [5, 5.41) is 3.40. The molecule has 1 aromatic rings. The average Bonchev–Trinajstić information content (AvgIpc) is 2.71. The number of nitrogens with one attached hydrogen (secondary N) is 2. The fraction of sp³-hybridized carbons (Fsp3) is 0.647. The Bertz CT molecular complexity index is 591. The SMILES string of the molecule is CC(C)(C)[S@@](=O)NC1c2ccc(F)cc2CC12CCNCC2. The van der Waals surface area contributed by atoms with E-state index in [1.807, 2.05) is 26.8 Å². The minimum absolute atomic E-state index is 0.0465. The topological polar surface area (TPSA) is 41.1 Å². The highest BCUT2D eigenvalue weighted by Gasteiger charge is 2.47. The first kappa shape index (κ1) is 16.1. The summed E-state index contributed by atoms with van der Waals surface area (Å²) >= 11 is 0. The summed E-state index contributed by atoms with van der Waals surface area (Å²) in [6, 6.07) is 5.10. The number of halogens is 1. The van der Waals surface area contributed by atoms with Crippen LogP contribution < -0.4 is 10.0 Å². The van der Waals surface area contributed by atoms with Crippen LogP contribution in [0, 0.1) is 11.2 Å². The molecule has 22 heavy (non-hydrogen) atoms. The maximum Gasteiger partial charge on any atom is 0.123 e. The summed E-state index contributed by atoms with van der Waals surface area (Å²) in [5.74, 6) is -0.180. The normalized spacial score (nSPS) is 25.2. The third-order valence-corrected chi connectivity index (χ3v) is 6.51. The maximum atomic E-state index is 13.6. The van der Waals surface area contributed by atoms with Crippen LogP contribution in [0.5, 0.6) is 0 Å². The van der Waals surface area contributed by atoms with Crippen molar-refractivity contribution in [2.75, 3.05) is 13.1 Å². The zero-order valence-corrected chi connectivity index (χ0v) is 14.4. The van der Waals surface area contributed by atoms with Gasteiger partial charge in [-0.25, -0.2) is 13.3 Å². The Morgan fingerprint density at radius 1 is 1.32 bits per heavy atom. The fourth-order valence-corrected chi connectivity index (χ4v) is 4.63. The number of rotatable bonds is 2. The zero-order chi connectivity index (χ0) is 16.0. The quantitative estimate of drug-likeness (QED) is 0.878. The highest BCUT2D eigenvalue weighted by molar-refractivity contribution is 7.84. The van der Waals surface area contributed by atoms with Crippen LogP contribution in [0.15, 0.2) is 18.2 Å². The second kappa shape index (κ2) is 5.69. The molecular weight excluding hydrogens is 299 g/mol. The molecule has 3 rings (SSSR count). The minimum atomic E-state index is -1.13. The molecular formula is C17H25FN2OS. The lowest BCUT2D eigenvalue weighted by Crippen LogP contribution is -2.46. The van der Waals surface area contributed by atoms with E-state index in [9.17, 15) is 8.60 Å². The molecule has 1 heterocycles. The largest absolute Gasteiger partial charge is 0.317 e. The van der Waals surface area contributed by atoms with Crippen molar-refractivity contribution in [3.05, 3.63) is 35.1 Å². The molecule has 1 aromatic carbocycles. The molecule has 1 aliphatic carbocycles. The van der Waals surface area contributed by atoms with Crippen LogP contribution in [0.2, 0.25) is 0 Å². The van der Waals surface area contributed by atoms with Gasteiger partial charge in [0.15, 0.2) is 0 Å². The molecule has 122 valence electrons. The van der Waals surface area contributed by atoms with Gasteiger partial charge in [-0.2, -0.15) is 0 Å². The third-order valence-electron chi connectivity index (χ3n) is 4.95. The first-order valence-electron chi connectivity index (χ1n) is 7.99. The summed E-state index contributed by atoms with van der Waals surface area (Å²) in [5.41, 5.74) is 2.26. The van der Waals surface area contributed by atoms with Crippen molar-refractivity contribution in [2.45, 2.75) is 50.8 Å². The Morgan fingerprint density at radius 3 is 2.64 bits per heavy atom. The Hall–Kier alpha value is -0.780. The van der Waals surface area contributed by atoms with E-state index in [4.69, 9.17) is 0 Å². The molecule has 1 fully saturated rings. The number of fused-ring (bicyclic) bond motifs is 1. The van der Waals surface area contributed by atoms with Crippen LogP contribution in [0.4, 0.5) is 4.39 Å². The van der Waals surface area contributed by atoms with E-state index in [0.29, 0.717) is 0 Å². The summed E-state index contributed by atoms with van der Waals surface area (Å²) in [6.07, 6.45) is 2.94. The minimum Gasteiger partial charge on any atom is -0.317 e. The standard InChI is InChI=1S/C17H25FN2OS/c1-16(2,3)22(21)20-15-14-5-4-13(18)10-12(14)11-17(15)6-8-19-9-7-17/h4-5,10,15,19-20H,6-9,11H2,1-3H3/t15?,22-/m1/s1. The van der Waals surface area contributed by atoms with E-state index in [-0.39, 0.29) is 22.0 Å². The third kappa shape index (κ3) is 2.86. The molecule has 2 atom stereocenters. The van der Waals surface area contributed by atoms with Gasteiger partial charge in [0, 0.05) is 0 Å². The highest BCUT2D eigenvalue weighted by atomic mass is 32.2. The molecule has 1 unspecified atom stereocenters. The van der Waals surface area contributed by atoms with Crippen LogP contribution in [0.3, 0.4) is 0 Å². The van der Waals surface area contributed by atoms with Gasteiger partial charge in [-0.05, 0) is 81.8 Å². The molecule has 2 N–H and O–H groups in total. The Balaban J connectivity index is 1.96. The van der Waals surface area contributed by atoms with Crippen molar-refractivity contribution in [2.24, 2.45) is 5.41 Å². The van der Waals surface area contributed by atoms with Crippen LogP contribution in [0.25, 0.3) is 0 Å². The lowest BCUT2D eigenvalue weighted by atomic mass is 9.73. The Morgan fingerprint density at radius 2 is 2.00 bits per heavy atom. The van der Waals surface area contributed by atoms with Gasteiger partial charge in [-0.3, -0.25) is 0 Å². The Kier molecular flexibility index (Phi) is 4.16. The molecule has 0 aromatic heterocycles. The Labute approximate surface area is 134 Å². The smallest absolute Gasteiger partial charge is 0.123 e. The summed E-state index contributed by atoms with van der Waals surface area (Å²) in [7, 11) is -1.13. The molecule has 2 aliphatic rings. The van der Waals surface area contributed by atoms with E-state index in [2.05, 4.69) is 10.0 Å². The zero-order valence-electron chi connectivity index (χ0n) is 13.5. The summed E-state index contributed by atoms with van der Waals surface area (Å²) in [6.45, 7) is 7.87. The van der Waals surface area contributed by atoms with Gasteiger partial charge in [0.05, 0.1) is 21.8 Å². The summed E-state index contributed by atoms with van der Waals surface area (Å²) in [4.78, 5) is 0. The van der Waals surface area contributed by atoms with Gasteiger partial charge in [0.1, 0.15) is 5.82 Å². The van der Waals surface area contributed by atoms with E-state index < -0.39 is 11.0 Å². The predicted octanol–water partition coefficient (Wildman–Crippen LogP) is 2.84. The average molecular weight is 324 g/mol. The molecule has 3 nitrogen and oxygen atoms in total. The molecule has 0 bridgehead atoms. The van der Waals surface area contributed by atoms with Crippen molar-refractivity contribution in [1.82, 2.24) is 10.0 Å². The molecule has 1 spiro atoms. The number of piperidine rings is 1. The second-order valence-corrected chi connectivity index (χ2v) is 9.56. The summed E-state index contributed by atoms with van der Waals surface area (Å²) < 4.78 is 29.3. The number of hydrogen-bond acceptors (Lipinski definition) is 2. The lowest BCUT2D eigenvalue weighted by Gasteiger charge is -2.40. The van der Waals surface area contributed by atoms with Gasteiger partial charge in [0.2, 0.25) is 0 Å². The van der Waals surface area contributed by atoms with Gasteiger partial charge in [-0.1, -0.05) is 6.07 Å². The van der Waals surface area contributed by atoms with Gasteiger partial charge in [-0.15, -0.1) is 0 Å². The van der Waals surface area contributed by atoms with Crippen molar-refractivity contribution in [3.63, 3.8) is 0 Å². The molecule has 0 saturated carbocycles. The fourth-order valence-electron chi connectivity index (χ4n) is 3.68. The van der Waals surface area contributed by atoms with Crippen LogP contribution in [-0.4, -0.2) is 22.0 Å². The highest BCUT2D eigenvalue weighted by Crippen LogP contribution is 2.51. The lowest BCUT2D eigenvalue weighted by molar-refractivity contribution is 0.164. The van der Waals surface area contributed by atoms with Crippen molar-refractivity contribution < 1.29 is 8.60 Å². The van der Waals surface area contributed by atoms with E-state index in [1.54, 1.807) is 6.07 Å². The second-order valence-electron chi connectivity index (χ2n) is 7.56. The first-order chi connectivity index (χ1) is 10.3. The predicted molar refractivity (Wildman–Crippen MR) is 88.4 cm³/mol. The molecule has 1 aliphatic heterocycles. The van der Waals surface area contributed by atoms with Crippen molar-refractivity contribution in [1.29, 1.82) is 0 Å². The molecule has 0 amide bonds. The molecule has 1 saturated heterocycles. The first-order valence-corrected chi connectivity index (χ1v) is 9.14.